The van der Waals surface area contributed by atoms with E-state index in [-0.39, 0.29) is 57.6 Å². The van der Waals surface area contributed by atoms with Crippen LogP contribution in [0, 0.1) is 13.8 Å². The lowest BCUT2D eigenvalue weighted by molar-refractivity contribution is -0.268. The molecule has 6 N–H and O–H groups in total. The fourth-order valence-electron chi connectivity index (χ4n) is 7.90. The van der Waals surface area contributed by atoms with Crippen molar-refractivity contribution in [3.05, 3.63) is 141 Å². The van der Waals surface area contributed by atoms with Crippen molar-refractivity contribution in [1.82, 2.24) is 29.5 Å². The number of ether oxygens (including phenoxy) is 2. The Balaban J connectivity index is 1.08. The lowest BCUT2D eigenvalue weighted by atomic mass is 9.89. The molecule has 2 aromatic heterocycles. The molecule has 2 saturated heterocycles. The maximum absolute atomic E-state index is 14.2. The minimum absolute atomic E-state index is 0.0252. The molecule has 3 aliphatic heterocycles. The molecular formula is C41H37N6O16P-2. The van der Waals surface area contributed by atoms with E-state index in [2.05, 4.69) is 20.4 Å². The van der Waals surface area contributed by atoms with Gasteiger partial charge >= 0.3 is 17.3 Å². The zero-order valence-electron chi connectivity index (χ0n) is 33.6. The molecule has 4 aromatic rings. The third-order valence-corrected chi connectivity index (χ3v) is 12.2. The van der Waals surface area contributed by atoms with Crippen LogP contribution >= 0.6 is 7.75 Å². The van der Waals surface area contributed by atoms with Gasteiger partial charge < -0.3 is 43.9 Å². The predicted octanol–water partition coefficient (Wildman–Crippen LogP) is 0.163. The number of benzene rings is 3. The Kier molecular flexibility index (Phi) is 11.7. The molecule has 0 bridgehead atoms. The first-order valence-corrected chi connectivity index (χ1v) is 21.1. The normalized spacial score (nSPS) is 21.9. The van der Waals surface area contributed by atoms with Crippen LogP contribution in [0.4, 0.5) is 0 Å². The highest BCUT2D eigenvalue weighted by molar-refractivity contribution is 7.49. The van der Waals surface area contributed by atoms with E-state index in [0.29, 0.717) is 10.9 Å². The first kappa shape index (κ1) is 43.9. The number of nitrogens with zero attached hydrogens (tertiary/aromatic N) is 2. The SMILES string of the molecule is Cc1cn([C@H]2C[C@@H](NC(=O)c3ccc(C(=O)O)c(-c4c5ccc(=O)cc-5oc5cc([O-])ccc45)c3)[C@@H](COP(=O)([O-])N[C@@H]3C[C@H](n4cc(C)c(=O)[nH]c4=O)O[C@@H]3CO)O2)c(=O)[nH]c1=O. The van der Waals surface area contributed by atoms with Crippen LogP contribution in [0.15, 0.2) is 95.4 Å². The van der Waals surface area contributed by atoms with Gasteiger partial charge in [0.15, 0.2) is 5.43 Å². The number of amides is 1. The Hall–Kier alpha value is -6.78. The van der Waals surface area contributed by atoms with Crippen LogP contribution in [-0.2, 0) is 18.6 Å². The number of aliphatic hydroxyl groups is 1. The third kappa shape index (κ3) is 8.62. The van der Waals surface area contributed by atoms with E-state index >= 15 is 0 Å². The molecule has 7 atom stereocenters. The summed E-state index contributed by atoms with van der Waals surface area (Å²) in [5, 5.41) is 38.0. The molecule has 1 aliphatic carbocycles. The monoisotopic (exact) mass is 900 g/mol. The summed E-state index contributed by atoms with van der Waals surface area (Å²) in [7, 11) is -5.08. The van der Waals surface area contributed by atoms with E-state index in [9.17, 15) is 58.3 Å². The van der Waals surface area contributed by atoms with Gasteiger partial charge in [-0.1, -0.05) is 12.1 Å². The van der Waals surface area contributed by atoms with Crippen molar-refractivity contribution < 1.29 is 52.8 Å². The zero-order valence-corrected chi connectivity index (χ0v) is 34.5. The third-order valence-electron chi connectivity index (χ3n) is 11.1. The lowest BCUT2D eigenvalue weighted by Crippen LogP contribution is -2.44. The minimum Gasteiger partial charge on any atom is -0.872 e. The first-order valence-electron chi connectivity index (χ1n) is 19.5. The second-order valence-electron chi connectivity index (χ2n) is 15.3. The summed E-state index contributed by atoms with van der Waals surface area (Å²) in [6, 6.07) is 9.24. The number of aromatic amines is 2. The topological polar surface area (TPSA) is 329 Å². The van der Waals surface area contributed by atoms with E-state index in [4.69, 9.17) is 18.4 Å². The summed E-state index contributed by atoms with van der Waals surface area (Å²) >= 11 is 0. The van der Waals surface area contributed by atoms with E-state index in [1.807, 2.05) is 0 Å². The summed E-state index contributed by atoms with van der Waals surface area (Å²) in [6.07, 6.45) is -2.52. The minimum atomic E-state index is -5.08. The molecule has 0 saturated carbocycles. The maximum Gasteiger partial charge on any atom is 0.336 e. The number of aryl methyl sites for hydroxylation is 2. The van der Waals surface area contributed by atoms with Crippen molar-refractivity contribution in [3.63, 3.8) is 0 Å². The number of aromatic carboxylic acids is 1. The molecule has 23 heteroatoms. The summed E-state index contributed by atoms with van der Waals surface area (Å²) < 4.78 is 38.6. The molecule has 2 fully saturated rings. The van der Waals surface area contributed by atoms with Gasteiger partial charge in [0.05, 0.1) is 30.9 Å². The maximum atomic E-state index is 14.2. The smallest absolute Gasteiger partial charge is 0.336 e. The van der Waals surface area contributed by atoms with Crippen LogP contribution < -0.4 is 48.3 Å². The highest BCUT2D eigenvalue weighted by Gasteiger charge is 2.41. The van der Waals surface area contributed by atoms with Gasteiger partial charge in [-0.25, -0.2) is 14.4 Å². The van der Waals surface area contributed by atoms with Crippen LogP contribution in [0.3, 0.4) is 0 Å². The molecule has 0 spiro atoms. The molecule has 1 unspecified atom stereocenters. The number of carboxylic acids is 1. The van der Waals surface area contributed by atoms with Gasteiger partial charge in [-0.05, 0) is 55.8 Å². The predicted molar refractivity (Wildman–Crippen MR) is 219 cm³/mol. The number of carbonyl (C=O) groups excluding carboxylic acids is 1. The van der Waals surface area contributed by atoms with Gasteiger partial charge in [-0.15, -0.1) is 5.75 Å². The number of rotatable bonds is 12. The number of fused-ring (bicyclic) bond motifs is 2. The second kappa shape index (κ2) is 17.1. The van der Waals surface area contributed by atoms with Crippen molar-refractivity contribution >= 4 is 30.6 Å². The molecule has 0 radical (unpaired) electrons. The Labute approximate surface area is 358 Å². The average Bonchev–Trinajstić information content (AvgIpc) is 3.84. The van der Waals surface area contributed by atoms with Crippen LogP contribution in [-0.4, -0.2) is 78.7 Å². The first-order chi connectivity index (χ1) is 30.4. The van der Waals surface area contributed by atoms with E-state index in [1.54, 1.807) is 0 Å². The molecule has 4 aliphatic rings. The molecular weight excluding hydrogens is 863 g/mol. The number of aliphatic hydroxyl groups excluding tert-OH is 1. The average molecular weight is 901 g/mol. The number of aromatic nitrogens is 4. The van der Waals surface area contributed by atoms with Crippen LogP contribution in [0.5, 0.6) is 5.75 Å². The van der Waals surface area contributed by atoms with Gasteiger partial charge in [0.1, 0.15) is 29.9 Å². The second-order valence-corrected chi connectivity index (χ2v) is 16.8. The molecule has 5 heterocycles. The van der Waals surface area contributed by atoms with Gasteiger partial charge in [0.25, 0.3) is 17.0 Å². The van der Waals surface area contributed by atoms with E-state index in [0.717, 1.165) is 9.13 Å². The number of H-pyrrole nitrogens is 2. The summed E-state index contributed by atoms with van der Waals surface area (Å²) in [5.74, 6) is -2.53. The van der Waals surface area contributed by atoms with Crippen molar-refractivity contribution in [1.29, 1.82) is 0 Å². The Bertz CT molecular complexity index is 3170. The number of carbonyl (C=O) groups is 2. The molecule has 64 heavy (non-hydrogen) atoms. The molecule has 2 aromatic carbocycles. The number of hydrogen-bond acceptors (Lipinski definition) is 15. The van der Waals surface area contributed by atoms with Crippen LogP contribution in [0.25, 0.3) is 33.4 Å². The molecule has 22 nitrogen and oxygen atoms in total. The van der Waals surface area contributed by atoms with Crippen LogP contribution in [0.2, 0.25) is 0 Å². The number of nitrogens with one attached hydrogen (secondary N) is 4. The summed E-state index contributed by atoms with van der Waals surface area (Å²) in [6.45, 7) is 1.49. The van der Waals surface area contributed by atoms with Gasteiger partial charge in [-0.2, -0.15) is 0 Å². The Morgan fingerprint density at radius 3 is 2.14 bits per heavy atom. The number of carboxylic acid groups (broad SMARTS) is 1. The molecule has 334 valence electrons. The summed E-state index contributed by atoms with van der Waals surface area (Å²) in [5.41, 5.74) is -2.75. The zero-order chi connectivity index (χ0) is 45.8. The van der Waals surface area contributed by atoms with E-state index < -0.39 is 103 Å². The van der Waals surface area contributed by atoms with Gasteiger partial charge in [0, 0.05) is 70.5 Å². The highest BCUT2D eigenvalue weighted by Crippen LogP contribution is 2.43. The van der Waals surface area contributed by atoms with Crippen LogP contribution in [0.1, 0.15) is 57.1 Å². The fraction of sp³-hybridized carbons (Fsp3) is 0.293. The Morgan fingerprint density at radius 1 is 0.859 bits per heavy atom. The van der Waals surface area contributed by atoms with Crippen molar-refractivity contribution in [2.45, 2.75) is 63.4 Å². The Morgan fingerprint density at radius 2 is 1.50 bits per heavy atom. The lowest BCUT2D eigenvalue weighted by Gasteiger charge is -2.30. The fourth-order valence-corrected chi connectivity index (χ4v) is 8.99. The van der Waals surface area contributed by atoms with E-state index in [1.165, 1.54) is 80.8 Å². The summed E-state index contributed by atoms with van der Waals surface area (Å²) in [4.78, 5) is 106. The molecule has 8 rings (SSSR count). The largest absolute Gasteiger partial charge is 0.872 e. The standard InChI is InChI=1S/C41H39N6O16P/c1-18-14-46(40(56)43-36(18)51)33-12-27(32(63-33)17-60-64(58,59)45-28-13-34(62-31(28)16-48)47-15-19(2)37(52)44-41(47)57)42-38(53)20-3-6-23(39(54)55)26(9-20)35-24-7-4-21(49)10-29(24)61-30-11-22(50)5-8-25(30)35/h3-11,14-15,27-28,31-34,48-49H,12-13,16-17H2,1-2H3,(H,42,53)(H,54,55)(H,43,51,56)(H,44,52,57)(H2,45,58,59)/p-2/t27-,28-,31-,32-,33-,34-/m1/s1. The number of hydrogen-bond donors (Lipinski definition) is 6. The van der Waals surface area contributed by atoms with Gasteiger partial charge in [0.2, 0.25) is 7.75 Å². The van der Waals surface area contributed by atoms with Crippen molar-refractivity contribution in [2.24, 2.45) is 0 Å². The quantitative estimate of drug-likeness (QED) is 0.0704. The van der Waals surface area contributed by atoms with Gasteiger partial charge in [-0.3, -0.25) is 47.9 Å². The highest BCUT2D eigenvalue weighted by atomic mass is 31.2. The van der Waals surface area contributed by atoms with Crippen molar-refractivity contribution in [3.8, 4) is 28.2 Å². The molecule has 1 amide bonds. The van der Waals surface area contributed by atoms with Crippen molar-refractivity contribution in [2.75, 3.05) is 13.2 Å².